The largest absolute Gasteiger partial charge is 0.467 e. The molecule has 240 valence electrons. The maximum absolute atomic E-state index is 13.8. The lowest BCUT2D eigenvalue weighted by molar-refractivity contribution is -0.145. The minimum absolute atomic E-state index is 0.0234. The Morgan fingerprint density at radius 3 is 1.80 bits per heavy atom. The average Bonchev–Trinajstić information content (AvgIpc) is 3.05. The number of amides is 2. The van der Waals surface area contributed by atoms with E-state index in [2.05, 4.69) is 5.32 Å². The second-order valence-corrected chi connectivity index (χ2v) is 11.7. The van der Waals surface area contributed by atoms with Crippen LogP contribution < -0.4 is 5.32 Å². The number of ether oxygens (including phenoxy) is 4. The Morgan fingerprint density at radius 1 is 0.733 bits per heavy atom. The van der Waals surface area contributed by atoms with Crippen molar-refractivity contribution in [3.63, 3.8) is 0 Å². The predicted molar refractivity (Wildman–Crippen MR) is 162 cm³/mol. The fraction of sp³-hybridized carbons (Fsp3) is 0.312. The maximum Gasteiger partial charge on any atom is 0.425 e. The molecule has 3 rings (SSSR count). The van der Waals surface area contributed by atoms with E-state index in [1.165, 1.54) is 12.1 Å². The van der Waals surface area contributed by atoms with E-state index in [1.807, 2.05) is 6.07 Å². The van der Waals surface area contributed by atoms with Crippen molar-refractivity contribution >= 4 is 34.1 Å². The summed E-state index contributed by atoms with van der Waals surface area (Å²) in [5.74, 6) is -1.81. The van der Waals surface area contributed by atoms with Gasteiger partial charge in [0.2, 0.25) is 0 Å². The van der Waals surface area contributed by atoms with Crippen molar-refractivity contribution in [2.24, 2.45) is 0 Å². The standard InChI is InChI=1S/C32H36N2O10S/c1-23-17-19-26(20-18-23)45(39,40)34(32(38)44-22-25-13-8-5-9-14-25)28(30(36)42-3)16-10-15-27(29(35)41-2)33-31(37)43-21-24-11-6-4-7-12-24/h4-9,11-14,17-20,27-28H,10,15-16,21-22H2,1-3H3,(H,33,37)/t27-,28+/m0/s1. The highest BCUT2D eigenvalue weighted by Gasteiger charge is 2.41. The fourth-order valence-electron chi connectivity index (χ4n) is 4.28. The highest BCUT2D eigenvalue weighted by atomic mass is 32.2. The molecule has 0 spiro atoms. The number of hydrogen-bond donors (Lipinski definition) is 1. The molecule has 0 radical (unpaired) electrons. The summed E-state index contributed by atoms with van der Waals surface area (Å²) in [6, 6.07) is 20.4. The van der Waals surface area contributed by atoms with Crippen molar-refractivity contribution in [3.8, 4) is 0 Å². The molecule has 0 fully saturated rings. The van der Waals surface area contributed by atoms with Gasteiger partial charge in [-0.2, -0.15) is 4.31 Å². The van der Waals surface area contributed by atoms with Crippen molar-refractivity contribution in [3.05, 3.63) is 102 Å². The zero-order chi connectivity index (χ0) is 32.8. The third-order valence-corrected chi connectivity index (χ3v) is 8.47. The van der Waals surface area contributed by atoms with Crippen LogP contribution in [0.25, 0.3) is 0 Å². The first-order chi connectivity index (χ1) is 21.6. The smallest absolute Gasteiger partial charge is 0.425 e. The van der Waals surface area contributed by atoms with Crippen LogP contribution in [-0.2, 0) is 51.8 Å². The Kier molecular flexibility index (Phi) is 12.9. The molecule has 0 aliphatic heterocycles. The molecular weight excluding hydrogens is 604 g/mol. The number of sulfonamides is 1. The van der Waals surface area contributed by atoms with Gasteiger partial charge in [-0.3, -0.25) is 0 Å². The van der Waals surface area contributed by atoms with Crippen LogP contribution in [-0.4, -0.2) is 63.2 Å². The minimum atomic E-state index is -4.62. The molecule has 45 heavy (non-hydrogen) atoms. The average molecular weight is 641 g/mol. The van der Waals surface area contributed by atoms with Crippen LogP contribution in [0.1, 0.15) is 36.0 Å². The number of esters is 2. The molecule has 2 amide bonds. The third-order valence-electron chi connectivity index (χ3n) is 6.68. The number of nitrogens with one attached hydrogen (secondary N) is 1. The molecule has 12 nitrogen and oxygen atoms in total. The second-order valence-electron chi connectivity index (χ2n) is 9.91. The maximum atomic E-state index is 13.8. The Hall–Kier alpha value is -4.91. The first-order valence-corrected chi connectivity index (χ1v) is 15.5. The number of methoxy groups -OCH3 is 2. The molecule has 0 aliphatic carbocycles. The molecule has 0 aromatic heterocycles. The van der Waals surface area contributed by atoms with Crippen LogP contribution >= 0.6 is 0 Å². The molecule has 0 heterocycles. The van der Waals surface area contributed by atoms with Gasteiger partial charge in [0.25, 0.3) is 10.0 Å². The summed E-state index contributed by atoms with van der Waals surface area (Å²) >= 11 is 0. The van der Waals surface area contributed by atoms with Gasteiger partial charge >= 0.3 is 24.1 Å². The summed E-state index contributed by atoms with van der Waals surface area (Å²) in [7, 11) is -2.42. The van der Waals surface area contributed by atoms with Crippen molar-refractivity contribution in [2.75, 3.05) is 14.2 Å². The number of nitrogens with zero attached hydrogens (tertiary/aromatic N) is 1. The van der Waals surface area contributed by atoms with Gasteiger partial charge in [0.1, 0.15) is 25.3 Å². The number of rotatable bonds is 14. The lowest BCUT2D eigenvalue weighted by atomic mass is 10.1. The van der Waals surface area contributed by atoms with E-state index in [0.717, 1.165) is 25.3 Å². The number of carbonyl (C=O) groups is 4. The molecule has 2 atom stereocenters. The van der Waals surface area contributed by atoms with E-state index < -0.39 is 46.2 Å². The molecule has 1 N–H and O–H groups in total. The van der Waals surface area contributed by atoms with Crippen LogP contribution in [0.3, 0.4) is 0 Å². The van der Waals surface area contributed by atoms with E-state index in [4.69, 9.17) is 18.9 Å². The van der Waals surface area contributed by atoms with E-state index in [9.17, 15) is 27.6 Å². The third kappa shape index (κ3) is 10.1. The highest BCUT2D eigenvalue weighted by Crippen LogP contribution is 2.24. The Labute approximate surface area is 262 Å². The summed E-state index contributed by atoms with van der Waals surface area (Å²) in [4.78, 5) is 51.1. The molecule has 0 aliphatic rings. The number of benzene rings is 3. The number of alkyl carbamates (subject to hydrolysis) is 1. The highest BCUT2D eigenvalue weighted by molar-refractivity contribution is 7.89. The van der Waals surface area contributed by atoms with E-state index in [1.54, 1.807) is 73.7 Å². The Balaban J connectivity index is 1.81. The molecule has 0 saturated heterocycles. The van der Waals surface area contributed by atoms with Gasteiger partial charge in [0, 0.05) is 0 Å². The van der Waals surface area contributed by atoms with Gasteiger partial charge in [-0.1, -0.05) is 78.4 Å². The lowest BCUT2D eigenvalue weighted by Crippen LogP contribution is -2.49. The van der Waals surface area contributed by atoms with Crippen molar-refractivity contribution in [1.82, 2.24) is 9.62 Å². The number of carbonyl (C=O) groups excluding carboxylic acids is 4. The van der Waals surface area contributed by atoms with Crippen LogP contribution in [0.2, 0.25) is 0 Å². The Bertz CT molecular complexity index is 1530. The first-order valence-electron chi connectivity index (χ1n) is 14.0. The minimum Gasteiger partial charge on any atom is -0.467 e. The van der Waals surface area contributed by atoms with Gasteiger partial charge in [0.15, 0.2) is 0 Å². The molecular formula is C32H36N2O10S. The van der Waals surface area contributed by atoms with E-state index in [0.29, 0.717) is 9.87 Å². The summed E-state index contributed by atoms with van der Waals surface area (Å²) in [6.07, 6.45) is -2.55. The second kappa shape index (κ2) is 16.8. The quantitative estimate of drug-likeness (QED) is 0.197. The van der Waals surface area contributed by atoms with Crippen LogP contribution in [0.5, 0.6) is 0 Å². The van der Waals surface area contributed by atoms with Crippen LogP contribution in [0, 0.1) is 6.92 Å². The Morgan fingerprint density at radius 2 is 1.27 bits per heavy atom. The molecule has 13 heteroatoms. The molecule has 3 aromatic carbocycles. The van der Waals surface area contributed by atoms with Crippen molar-refractivity contribution in [1.29, 1.82) is 0 Å². The van der Waals surface area contributed by atoms with Gasteiger partial charge in [-0.15, -0.1) is 0 Å². The summed E-state index contributed by atoms with van der Waals surface area (Å²) in [6.45, 7) is 1.47. The predicted octanol–water partition coefficient (Wildman–Crippen LogP) is 4.50. The molecule has 0 unspecified atom stereocenters. The van der Waals surface area contributed by atoms with Crippen molar-refractivity contribution < 1.29 is 46.5 Å². The number of aryl methyl sites for hydroxylation is 1. The lowest BCUT2D eigenvalue weighted by Gasteiger charge is -2.29. The monoisotopic (exact) mass is 640 g/mol. The van der Waals surface area contributed by atoms with Crippen LogP contribution in [0.15, 0.2) is 89.8 Å². The fourth-order valence-corrected chi connectivity index (χ4v) is 5.76. The van der Waals surface area contributed by atoms with E-state index in [-0.39, 0.29) is 37.4 Å². The first kappa shape index (κ1) is 34.6. The zero-order valence-corrected chi connectivity index (χ0v) is 26.0. The van der Waals surface area contributed by atoms with E-state index >= 15 is 0 Å². The summed E-state index contributed by atoms with van der Waals surface area (Å²) < 4.78 is 48.2. The van der Waals surface area contributed by atoms with Crippen LogP contribution in [0.4, 0.5) is 9.59 Å². The topological polar surface area (TPSA) is 155 Å². The zero-order valence-electron chi connectivity index (χ0n) is 25.2. The molecule has 0 saturated carbocycles. The molecule has 0 bridgehead atoms. The summed E-state index contributed by atoms with van der Waals surface area (Å²) in [5, 5.41) is 2.43. The van der Waals surface area contributed by atoms with Crippen molar-refractivity contribution in [2.45, 2.75) is 56.4 Å². The van der Waals surface area contributed by atoms with Gasteiger partial charge in [0.05, 0.1) is 19.1 Å². The van der Waals surface area contributed by atoms with Gasteiger partial charge < -0.3 is 24.3 Å². The van der Waals surface area contributed by atoms with Gasteiger partial charge in [-0.25, -0.2) is 27.6 Å². The molecule has 3 aromatic rings. The summed E-state index contributed by atoms with van der Waals surface area (Å²) in [5.41, 5.74) is 2.11. The normalized spacial score (nSPS) is 12.2. The van der Waals surface area contributed by atoms with Gasteiger partial charge in [-0.05, 0) is 49.4 Å². The number of hydrogen-bond acceptors (Lipinski definition) is 10. The SMILES string of the molecule is COC(=O)[C@H](CCC[C@H](C(=O)OC)N(C(=O)OCc1ccccc1)S(=O)(=O)c1ccc(C)cc1)NC(=O)OCc1ccccc1.